The molecule has 1 saturated carbocycles. The Balaban J connectivity index is 2.01. The molecule has 1 aliphatic carbocycles. The monoisotopic (exact) mass is 563 g/mol. The third-order valence-electron chi connectivity index (χ3n) is 7.28. The van der Waals surface area contributed by atoms with Crippen LogP contribution < -0.4 is 15.2 Å². The Bertz CT molecular complexity index is 1000. The Morgan fingerprint density at radius 2 is 1.35 bits per heavy atom. The summed E-state index contributed by atoms with van der Waals surface area (Å²) in [5, 5.41) is 0. The number of carbonyl (C=O) groups is 4. The van der Waals surface area contributed by atoms with E-state index >= 15 is 0 Å². The van der Waals surface area contributed by atoms with Crippen molar-refractivity contribution in [2.75, 3.05) is 0 Å². The fraction of sp³-hybridized carbons (Fsp3) is 0.667. The smallest absolute Gasteiger partial charge is 0.458 e. The van der Waals surface area contributed by atoms with E-state index in [2.05, 4.69) is 0 Å². The first-order chi connectivity index (χ1) is 18.9. The first kappa shape index (κ1) is 33.1. The molecule has 0 heterocycles. The molecule has 1 aliphatic rings. The summed E-state index contributed by atoms with van der Waals surface area (Å²) < 4.78 is 27.1. The highest BCUT2D eigenvalue weighted by atomic mass is 16.7. The van der Waals surface area contributed by atoms with E-state index in [1.165, 1.54) is 12.1 Å². The molecule has 40 heavy (non-hydrogen) atoms. The highest BCUT2D eigenvalue weighted by Crippen LogP contribution is 2.31. The quantitative estimate of drug-likeness (QED) is 0.249. The second-order valence-corrected chi connectivity index (χ2v) is 10.6. The maximum atomic E-state index is 12.7. The Morgan fingerprint density at radius 3 is 1.93 bits per heavy atom. The highest BCUT2D eigenvalue weighted by Gasteiger charge is 2.27. The van der Waals surface area contributed by atoms with Gasteiger partial charge in [0.2, 0.25) is 0 Å². The Kier molecular flexibility index (Phi) is 13.4. The Hall–Kier alpha value is -3.14. The maximum absolute atomic E-state index is 12.7. The van der Waals surface area contributed by atoms with Gasteiger partial charge in [0.15, 0.2) is 11.5 Å². The second kappa shape index (κ2) is 16.2. The molecule has 2 rings (SSSR count). The van der Waals surface area contributed by atoms with Gasteiger partial charge in [-0.2, -0.15) is 0 Å². The first-order valence-electron chi connectivity index (χ1n) is 14.3. The molecule has 0 amide bonds. The molecule has 5 atom stereocenters. The summed E-state index contributed by atoms with van der Waals surface area (Å²) in [5.41, 5.74) is 6.70. The summed E-state index contributed by atoms with van der Waals surface area (Å²) in [7, 11) is 0. The van der Waals surface area contributed by atoms with Crippen LogP contribution in [0.4, 0.5) is 4.79 Å². The lowest BCUT2D eigenvalue weighted by Gasteiger charge is -2.25. The van der Waals surface area contributed by atoms with E-state index in [0.717, 1.165) is 32.1 Å². The van der Waals surface area contributed by atoms with Gasteiger partial charge >= 0.3 is 24.1 Å². The topological polar surface area (TPSA) is 140 Å². The molecule has 0 aliphatic heterocycles. The summed E-state index contributed by atoms with van der Waals surface area (Å²) in [6.07, 6.45) is 3.65. The average molecular weight is 564 g/mol. The van der Waals surface area contributed by atoms with E-state index in [1.807, 2.05) is 13.8 Å². The number of benzene rings is 1. The lowest BCUT2D eigenvalue weighted by atomic mass is 9.98. The zero-order chi connectivity index (χ0) is 29.8. The van der Waals surface area contributed by atoms with Crippen molar-refractivity contribution in [1.82, 2.24) is 0 Å². The van der Waals surface area contributed by atoms with Crippen LogP contribution in [0.5, 0.6) is 11.5 Å². The first-order valence-corrected chi connectivity index (χ1v) is 14.3. The van der Waals surface area contributed by atoms with Crippen LogP contribution in [0.15, 0.2) is 18.2 Å². The van der Waals surface area contributed by atoms with Gasteiger partial charge in [-0.1, -0.05) is 40.2 Å². The van der Waals surface area contributed by atoms with E-state index < -0.39 is 42.3 Å². The number of rotatable bonds is 13. The summed E-state index contributed by atoms with van der Waals surface area (Å²) in [6.45, 7) is 10.4. The predicted octanol–water partition coefficient (Wildman–Crippen LogP) is 5.27. The number of carbonyl (C=O) groups excluding carboxylic acids is 4. The minimum atomic E-state index is -1.05. The molecule has 0 radical (unpaired) electrons. The minimum Gasteiger partial charge on any atom is -0.458 e. The molecule has 0 saturated heterocycles. The van der Waals surface area contributed by atoms with Crippen molar-refractivity contribution in [3.8, 4) is 11.5 Å². The number of esters is 3. The second-order valence-electron chi connectivity index (χ2n) is 10.6. The molecule has 0 spiro atoms. The molecule has 10 nitrogen and oxygen atoms in total. The van der Waals surface area contributed by atoms with E-state index in [-0.39, 0.29) is 35.9 Å². The third kappa shape index (κ3) is 10.4. The van der Waals surface area contributed by atoms with Crippen molar-refractivity contribution in [3.05, 3.63) is 23.8 Å². The van der Waals surface area contributed by atoms with Crippen LogP contribution in [0, 0.1) is 11.8 Å². The van der Waals surface area contributed by atoms with Gasteiger partial charge < -0.3 is 29.4 Å². The summed E-state index contributed by atoms with van der Waals surface area (Å²) >= 11 is 0. The van der Waals surface area contributed by atoms with Crippen molar-refractivity contribution >= 4 is 24.1 Å². The van der Waals surface area contributed by atoms with Crippen LogP contribution in [-0.4, -0.2) is 48.4 Å². The van der Waals surface area contributed by atoms with Crippen molar-refractivity contribution in [3.63, 3.8) is 0 Å². The van der Waals surface area contributed by atoms with Gasteiger partial charge in [-0.15, -0.1) is 0 Å². The number of hydrogen-bond donors (Lipinski definition) is 1. The molecule has 1 fully saturated rings. The fourth-order valence-electron chi connectivity index (χ4n) is 3.89. The van der Waals surface area contributed by atoms with E-state index in [9.17, 15) is 19.2 Å². The van der Waals surface area contributed by atoms with Crippen molar-refractivity contribution in [2.45, 2.75) is 117 Å². The largest absolute Gasteiger partial charge is 0.508 e. The maximum Gasteiger partial charge on any atom is 0.508 e. The van der Waals surface area contributed by atoms with E-state index in [0.29, 0.717) is 18.4 Å². The molecule has 1 aromatic carbocycles. The highest BCUT2D eigenvalue weighted by molar-refractivity contribution is 5.79. The molecule has 2 N–H and O–H groups in total. The van der Waals surface area contributed by atoms with Gasteiger partial charge in [0.1, 0.15) is 24.4 Å². The van der Waals surface area contributed by atoms with Crippen LogP contribution in [-0.2, 0) is 35.0 Å². The minimum absolute atomic E-state index is 0.0674. The summed E-state index contributed by atoms with van der Waals surface area (Å²) in [4.78, 5) is 49.7. The molecule has 0 bridgehead atoms. The fourth-order valence-corrected chi connectivity index (χ4v) is 3.89. The average Bonchev–Trinajstić information content (AvgIpc) is 2.93. The van der Waals surface area contributed by atoms with Gasteiger partial charge in [0.05, 0.1) is 11.8 Å². The standard InChI is InChI=1S/C30H45NO9/c1-7-18(3)27(32)39-25-15-14-22(17-26(25)40-28(33)19(4)8-2)16-24(31)29(34)36-20(5)21(6)37-30(35)38-23-12-10-9-11-13-23/h14-15,17-21,23-24H,7-13,16,31H2,1-6H3/t18?,19?,20-,21?,24-/m0/s1. The SMILES string of the molecule is CCC(C)C(=O)Oc1ccc(C[C@H](N)C(=O)O[C@@H](C)C(C)OC(=O)OC2CCCCC2)cc1OC(=O)C(C)CC. The lowest BCUT2D eigenvalue weighted by molar-refractivity contribution is -0.156. The third-order valence-corrected chi connectivity index (χ3v) is 7.28. The van der Waals surface area contributed by atoms with Crippen molar-refractivity contribution in [1.29, 1.82) is 0 Å². The van der Waals surface area contributed by atoms with Crippen LogP contribution in [0.25, 0.3) is 0 Å². The van der Waals surface area contributed by atoms with Crippen molar-refractivity contribution < 1.29 is 42.9 Å². The molecule has 0 aromatic heterocycles. The predicted molar refractivity (Wildman–Crippen MR) is 148 cm³/mol. The van der Waals surface area contributed by atoms with Gasteiger partial charge in [0.25, 0.3) is 0 Å². The van der Waals surface area contributed by atoms with Crippen LogP contribution >= 0.6 is 0 Å². The van der Waals surface area contributed by atoms with Crippen LogP contribution in [0.2, 0.25) is 0 Å². The zero-order valence-electron chi connectivity index (χ0n) is 24.6. The van der Waals surface area contributed by atoms with E-state index in [4.69, 9.17) is 29.4 Å². The Labute approximate surface area is 237 Å². The molecule has 1 aromatic rings. The summed E-state index contributed by atoms with van der Waals surface area (Å²) in [6, 6.07) is 3.64. The van der Waals surface area contributed by atoms with Gasteiger partial charge in [-0.05, 0) is 76.5 Å². The van der Waals surface area contributed by atoms with Crippen LogP contribution in [0.3, 0.4) is 0 Å². The lowest BCUT2D eigenvalue weighted by Crippen LogP contribution is -2.39. The molecule has 10 heteroatoms. The molecule has 3 unspecified atom stereocenters. The molecule has 224 valence electrons. The number of hydrogen-bond acceptors (Lipinski definition) is 10. The van der Waals surface area contributed by atoms with Crippen molar-refractivity contribution in [2.24, 2.45) is 17.6 Å². The molecular formula is C30H45NO9. The van der Waals surface area contributed by atoms with Crippen LogP contribution in [0.1, 0.15) is 92.1 Å². The zero-order valence-corrected chi connectivity index (χ0v) is 24.6. The molecular weight excluding hydrogens is 518 g/mol. The van der Waals surface area contributed by atoms with Gasteiger partial charge in [0, 0.05) is 0 Å². The number of ether oxygens (including phenoxy) is 5. The normalized spacial score (nSPS) is 17.5. The van der Waals surface area contributed by atoms with Gasteiger partial charge in [-0.3, -0.25) is 14.4 Å². The number of nitrogens with two attached hydrogens (primary N) is 1. The van der Waals surface area contributed by atoms with Gasteiger partial charge in [-0.25, -0.2) is 4.79 Å². The van der Waals surface area contributed by atoms with E-state index in [1.54, 1.807) is 33.8 Å². The summed E-state index contributed by atoms with van der Waals surface area (Å²) in [5.74, 6) is -2.09. The Morgan fingerprint density at radius 1 is 0.800 bits per heavy atom.